The number of amides is 1. The van der Waals surface area contributed by atoms with E-state index in [1.165, 1.54) is 37.4 Å². The molecule has 0 aliphatic rings. The number of ether oxygens (including phenoxy) is 1. The first-order chi connectivity index (χ1) is 9.51. The summed E-state index contributed by atoms with van der Waals surface area (Å²) in [6, 6.07) is 6.96. The Balaban J connectivity index is 2.29. The number of anilines is 1. The highest BCUT2D eigenvalue weighted by atomic mass is 35.5. The van der Waals surface area contributed by atoms with Crippen molar-refractivity contribution in [3.8, 4) is 5.75 Å². The number of hydrogen-bond donors (Lipinski definition) is 2. The van der Waals surface area contributed by atoms with Crippen LogP contribution >= 0.6 is 11.6 Å². The number of methoxy groups -OCH3 is 1. The number of halogens is 1. The Morgan fingerprint density at radius 3 is 2.60 bits per heavy atom. The van der Waals surface area contributed by atoms with Crippen molar-refractivity contribution in [2.75, 3.05) is 12.4 Å². The molecule has 2 N–H and O–H groups in total. The van der Waals surface area contributed by atoms with E-state index in [2.05, 4.69) is 5.32 Å². The minimum Gasteiger partial charge on any atom is -0.495 e. The third kappa shape index (κ3) is 2.92. The molecule has 2 rings (SSSR count). The van der Waals surface area contributed by atoms with Crippen LogP contribution in [0.1, 0.15) is 20.9 Å². The summed E-state index contributed by atoms with van der Waals surface area (Å²) in [7, 11) is 1.41. The Morgan fingerprint density at radius 1 is 1.30 bits per heavy atom. The fourth-order valence-corrected chi connectivity index (χ4v) is 1.71. The number of furan rings is 1. The molecular weight excluding hydrogens is 286 g/mol. The van der Waals surface area contributed by atoms with Crippen LogP contribution in [0.3, 0.4) is 0 Å². The molecule has 1 aromatic carbocycles. The van der Waals surface area contributed by atoms with E-state index in [1.54, 1.807) is 0 Å². The first-order valence-electron chi connectivity index (χ1n) is 5.49. The van der Waals surface area contributed by atoms with Gasteiger partial charge in [0.15, 0.2) is 11.0 Å². The Bertz CT molecular complexity index is 665. The molecular formula is C13H10ClNO5. The van der Waals surface area contributed by atoms with Crippen LogP contribution in [-0.4, -0.2) is 24.1 Å². The van der Waals surface area contributed by atoms with Gasteiger partial charge in [-0.25, -0.2) is 4.79 Å². The molecule has 0 fully saturated rings. The first kappa shape index (κ1) is 14.0. The van der Waals surface area contributed by atoms with Gasteiger partial charge < -0.3 is 19.6 Å². The molecule has 0 atom stereocenters. The minimum atomic E-state index is -1.11. The summed E-state index contributed by atoms with van der Waals surface area (Å²) in [5.74, 6) is -1.32. The summed E-state index contributed by atoms with van der Waals surface area (Å²) in [5.41, 5.74) is 0.253. The van der Waals surface area contributed by atoms with Crippen molar-refractivity contribution >= 4 is 29.2 Å². The molecule has 1 aromatic heterocycles. The van der Waals surface area contributed by atoms with E-state index in [0.717, 1.165) is 0 Å². The summed E-state index contributed by atoms with van der Waals surface area (Å²) in [5, 5.41) is 11.5. The number of carboxylic acids is 1. The van der Waals surface area contributed by atoms with Gasteiger partial charge in [0.1, 0.15) is 5.75 Å². The van der Waals surface area contributed by atoms with Crippen LogP contribution in [0.15, 0.2) is 34.7 Å². The molecule has 1 heterocycles. The van der Waals surface area contributed by atoms with Gasteiger partial charge in [-0.15, -0.1) is 0 Å². The molecule has 20 heavy (non-hydrogen) atoms. The van der Waals surface area contributed by atoms with Gasteiger partial charge in [0.2, 0.25) is 0 Å². The second-order valence-electron chi connectivity index (χ2n) is 3.78. The van der Waals surface area contributed by atoms with Crippen molar-refractivity contribution in [2.45, 2.75) is 0 Å². The van der Waals surface area contributed by atoms with Crippen molar-refractivity contribution in [2.24, 2.45) is 0 Å². The number of nitrogens with one attached hydrogen (secondary N) is 1. The molecule has 0 saturated heterocycles. The van der Waals surface area contributed by atoms with Crippen molar-refractivity contribution < 1.29 is 23.8 Å². The number of rotatable bonds is 4. The van der Waals surface area contributed by atoms with Gasteiger partial charge in [-0.1, -0.05) is 0 Å². The fourth-order valence-electron chi connectivity index (χ4n) is 1.56. The van der Waals surface area contributed by atoms with Crippen molar-refractivity contribution in [1.82, 2.24) is 0 Å². The molecule has 0 radical (unpaired) electrons. The molecule has 1 amide bonds. The van der Waals surface area contributed by atoms with Crippen LogP contribution in [0.25, 0.3) is 0 Å². The van der Waals surface area contributed by atoms with Crippen LogP contribution in [0.4, 0.5) is 5.69 Å². The number of hydrogen-bond acceptors (Lipinski definition) is 4. The number of benzene rings is 1. The SMILES string of the molecule is COc1ccc(C(=O)O)cc1NC(=O)c1ccc(Cl)o1. The Labute approximate surface area is 118 Å². The Morgan fingerprint density at radius 2 is 2.05 bits per heavy atom. The van der Waals surface area contributed by atoms with E-state index in [4.69, 9.17) is 25.9 Å². The van der Waals surface area contributed by atoms with Crippen LogP contribution in [0, 0.1) is 0 Å². The van der Waals surface area contributed by atoms with Gasteiger partial charge in [0.25, 0.3) is 5.91 Å². The van der Waals surface area contributed by atoms with Gasteiger partial charge in [0, 0.05) is 0 Å². The highest BCUT2D eigenvalue weighted by Gasteiger charge is 2.15. The summed E-state index contributed by atoms with van der Waals surface area (Å²) in [6.45, 7) is 0. The standard InChI is InChI=1S/C13H10ClNO5/c1-19-9-3-2-7(13(17)18)6-8(9)15-12(16)10-4-5-11(14)20-10/h2-6H,1H3,(H,15,16)(H,17,18). The predicted octanol–water partition coefficient (Wildman–Crippen LogP) is 2.89. The average Bonchev–Trinajstić information content (AvgIpc) is 2.85. The number of carbonyl (C=O) groups excluding carboxylic acids is 1. The molecule has 104 valence electrons. The van der Waals surface area contributed by atoms with Crippen LogP contribution in [-0.2, 0) is 0 Å². The van der Waals surface area contributed by atoms with Gasteiger partial charge in [-0.2, -0.15) is 0 Å². The molecule has 6 nitrogen and oxygen atoms in total. The van der Waals surface area contributed by atoms with Crippen molar-refractivity contribution in [3.63, 3.8) is 0 Å². The summed E-state index contributed by atoms with van der Waals surface area (Å²) in [6.07, 6.45) is 0. The summed E-state index contributed by atoms with van der Waals surface area (Å²) in [4.78, 5) is 22.8. The predicted molar refractivity (Wildman–Crippen MR) is 71.6 cm³/mol. The molecule has 0 spiro atoms. The number of carboxylic acid groups (broad SMARTS) is 1. The summed E-state index contributed by atoms with van der Waals surface area (Å²) < 4.78 is 10.0. The van der Waals surface area contributed by atoms with Crippen LogP contribution in [0.2, 0.25) is 5.22 Å². The molecule has 0 saturated carbocycles. The lowest BCUT2D eigenvalue weighted by molar-refractivity contribution is 0.0696. The monoisotopic (exact) mass is 295 g/mol. The normalized spacial score (nSPS) is 10.1. The third-order valence-corrected chi connectivity index (χ3v) is 2.69. The highest BCUT2D eigenvalue weighted by Crippen LogP contribution is 2.26. The zero-order valence-corrected chi connectivity index (χ0v) is 11.1. The molecule has 0 aliphatic carbocycles. The zero-order chi connectivity index (χ0) is 14.7. The Kier molecular flexibility index (Phi) is 3.95. The minimum absolute atomic E-state index is 0.0118. The molecule has 7 heteroatoms. The lowest BCUT2D eigenvalue weighted by atomic mass is 10.2. The smallest absolute Gasteiger partial charge is 0.335 e. The van der Waals surface area contributed by atoms with Gasteiger partial charge in [-0.05, 0) is 41.9 Å². The maximum absolute atomic E-state index is 11.9. The third-order valence-electron chi connectivity index (χ3n) is 2.49. The van der Waals surface area contributed by atoms with Gasteiger partial charge in [-0.3, -0.25) is 4.79 Å². The largest absolute Gasteiger partial charge is 0.495 e. The number of carbonyl (C=O) groups is 2. The van der Waals surface area contributed by atoms with Crippen molar-refractivity contribution in [1.29, 1.82) is 0 Å². The zero-order valence-electron chi connectivity index (χ0n) is 10.3. The van der Waals surface area contributed by atoms with E-state index in [9.17, 15) is 9.59 Å². The molecule has 0 aliphatic heterocycles. The van der Waals surface area contributed by atoms with Crippen LogP contribution < -0.4 is 10.1 Å². The fraction of sp³-hybridized carbons (Fsp3) is 0.0769. The van der Waals surface area contributed by atoms with E-state index in [0.29, 0.717) is 5.75 Å². The van der Waals surface area contributed by atoms with Gasteiger partial charge >= 0.3 is 5.97 Å². The highest BCUT2D eigenvalue weighted by molar-refractivity contribution is 6.29. The first-order valence-corrected chi connectivity index (χ1v) is 5.87. The quantitative estimate of drug-likeness (QED) is 0.905. The van der Waals surface area contributed by atoms with E-state index >= 15 is 0 Å². The van der Waals surface area contributed by atoms with E-state index in [-0.39, 0.29) is 22.2 Å². The average molecular weight is 296 g/mol. The van der Waals surface area contributed by atoms with Crippen LogP contribution in [0.5, 0.6) is 5.75 Å². The second-order valence-corrected chi connectivity index (χ2v) is 4.15. The lowest BCUT2D eigenvalue weighted by Crippen LogP contribution is -2.12. The maximum Gasteiger partial charge on any atom is 0.335 e. The number of aromatic carboxylic acids is 1. The topological polar surface area (TPSA) is 88.8 Å². The lowest BCUT2D eigenvalue weighted by Gasteiger charge is -2.10. The van der Waals surface area contributed by atoms with E-state index in [1.807, 2.05) is 0 Å². The Hall–Kier alpha value is -2.47. The van der Waals surface area contributed by atoms with Gasteiger partial charge in [0.05, 0.1) is 18.4 Å². The summed E-state index contributed by atoms with van der Waals surface area (Å²) >= 11 is 5.58. The maximum atomic E-state index is 11.9. The molecule has 2 aromatic rings. The second kappa shape index (κ2) is 5.66. The molecule has 0 bridgehead atoms. The van der Waals surface area contributed by atoms with Crippen molar-refractivity contribution in [3.05, 3.63) is 46.9 Å². The molecule has 0 unspecified atom stereocenters. The van der Waals surface area contributed by atoms with E-state index < -0.39 is 11.9 Å².